The third-order valence-electron chi connectivity index (χ3n) is 2.90. The van der Waals surface area contributed by atoms with Crippen LogP contribution < -0.4 is 5.32 Å². The molecule has 0 aliphatic rings. The van der Waals surface area contributed by atoms with Crippen LogP contribution in [0.15, 0.2) is 24.3 Å². The van der Waals surface area contributed by atoms with E-state index in [1.807, 2.05) is 11.8 Å². The van der Waals surface area contributed by atoms with Gasteiger partial charge in [0.2, 0.25) is 0 Å². The summed E-state index contributed by atoms with van der Waals surface area (Å²) in [5, 5.41) is 3.51. The van der Waals surface area contributed by atoms with Crippen LogP contribution in [0.3, 0.4) is 0 Å². The molecule has 1 nitrogen and oxygen atoms in total. The zero-order valence-electron chi connectivity index (χ0n) is 11.2. The van der Waals surface area contributed by atoms with Crippen LogP contribution >= 0.6 is 11.8 Å². The zero-order valence-corrected chi connectivity index (χ0v) is 12.0. The molecule has 0 unspecified atom stereocenters. The Balaban J connectivity index is 1.95. The van der Waals surface area contributed by atoms with E-state index in [-0.39, 0.29) is 0 Å². The third-order valence-corrected chi connectivity index (χ3v) is 3.60. The fraction of sp³-hybridized carbons (Fsp3) is 0.600. The Bertz CT molecular complexity index is 281. The Morgan fingerprint density at radius 3 is 2.41 bits per heavy atom. The fourth-order valence-electron chi connectivity index (χ4n) is 1.79. The minimum atomic E-state index is 1.01. The molecule has 96 valence electrons. The summed E-state index contributed by atoms with van der Waals surface area (Å²) in [6, 6.07) is 8.78. The first-order chi connectivity index (χ1) is 8.33. The van der Waals surface area contributed by atoms with E-state index in [4.69, 9.17) is 0 Å². The molecular weight excluding hydrogens is 226 g/mol. The van der Waals surface area contributed by atoms with Gasteiger partial charge in [0.15, 0.2) is 0 Å². The lowest BCUT2D eigenvalue weighted by Crippen LogP contribution is -2.14. The van der Waals surface area contributed by atoms with E-state index in [9.17, 15) is 0 Å². The number of aryl methyl sites for hydroxylation is 1. The lowest BCUT2D eigenvalue weighted by molar-refractivity contribution is 0.599. The summed E-state index contributed by atoms with van der Waals surface area (Å²) in [5.74, 6) is 1.32. The average Bonchev–Trinajstić information content (AvgIpc) is 2.35. The molecule has 0 bridgehead atoms. The molecular formula is C15H25NS. The lowest BCUT2D eigenvalue weighted by atomic mass is 10.1. The Morgan fingerprint density at radius 2 is 1.71 bits per heavy atom. The van der Waals surface area contributed by atoms with Crippen molar-refractivity contribution in [2.45, 2.75) is 39.2 Å². The molecule has 0 atom stereocenters. The van der Waals surface area contributed by atoms with E-state index >= 15 is 0 Å². The summed E-state index contributed by atoms with van der Waals surface area (Å²) in [5.41, 5.74) is 2.72. The quantitative estimate of drug-likeness (QED) is 0.666. The monoisotopic (exact) mass is 251 g/mol. The second kappa shape index (κ2) is 9.55. The number of benzene rings is 1. The second-order valence-electron chi connectivity index (χ2n) is 4.57. The van der Waals surface area contributed by atoms with Gasteiger partial charge in [-0.25, -0.2) is 0 Å². The minimum Gasteiger partial charge on any atom is -0.313 e. The predicted molar refractivity (Wildman–Crippen MR) is 79.7 cm³/mol. The molecule has 0 fully saturated rings. The van der Waals surface area contributed by atoms with Gasteiger partial charge in [-0.15, -0.1) is 0 Å². The van der Waals surface area contributed by atoms with E-state index in [0.29, 0.717) is 0 Å². The maximum absolute atomic E-state index is 3.51. The van der Waals surface area contributed by atoms with Gasteiger partial charge >= 0.3 is 0 Å². The molecule has 2 heteroatoms. The Morgan fingerprint density at radius 1 is 1.00 bits per heavy atom. The van der Waals surface area contributed by atoms with Gasteiger partial charge in [0, 0.05) is 6.54 Å². The van der Waals surface area contributed by atoms with Gasteiger partial charge in [0.1, 0.15) is 0 Å². The number of hydrogen-bond donors (Lipinski definition) is 1. The number of rotatable bonds is 9. The SMILES string of the molecule is CSCCCCCCNCc1ccc(C)cc1. The van der Waals surface area contributed by atoms with Crippen LogP contribution in [0.25, 0.3) is 0 Å². The highest BCUT2D eigenvalue weighted by molar-refractivity contribution is 7.98. The smallest absolute Gasteiger partial charge is 0.0205 e. The van der Waals surface area contributed by atoms with Crippen molar-refractivity contribution in [3.8, 4) is 0 Å². The Hall–Kier alpha value is -0.470. The van der Waals surface area contributed by atoms with Crippen molar-refractivity contribution in [3.05, 3.63) is 35.4 Å². The van der Waals surface area contributed by atoms with Crippen molar-refractivity contribution < 1.29 is 0 Å². The highest BCUT2D eigenvalue weighted by Gasteiger charge is 1.93. The van der Waals surface area contributed by atoms with Crippen LogP contribution in [0.5, 0.6) is 0 Å². The summed E-state index contributed by atoms with van der Waals surface area (Å²) >= 11 is 1.95. The predicted octanol–water partition coefficient (Wildman–Crippen LogP) is 4.01. The molecule has 1 rings (SSSR count). The Labute approximate surface area is 110 Å². The van der Waals surface area contributed by atoms with Gasteiger partial charge in [-0.05, 0) is 43.9 Å². The molecule has 0 saturated carbocycles. The van der Waals surface area contributed by atoms with E-state index in [0.717, 1.165) is 13.1 Å². The van der Waals surface area contributed by atoms with E-state index < -0.39 is 0 Å². The van der Waals surface area contributed by atoms with Crippen LogP contribution in [0, 0.1) is 6.92 Å². The fourth-order valence-corrected chi connectivity index (χ4v) is 2.28. The summed E-state index contributed by atoms with van der Waals surface area (Å²) in [4.78, 5) is 0. The molecule has 1 aromatic carbocycles. The number of thioether (sulfide) groups is 1. The number of nitrogens with one attached hydrogen (secondary N) is 1. The van der Waals surface area contributed by atoms with Crippen LogP contribution in [0.2, 0.25) is 0 Å². The molecule has 0 heterocycles. The van der Waals surface area contributed by atoms with Crippen LogP contribution in [0.4, 0.5) is 0 Å². The van der Waals surface area contributed by atoms with Crippen LogP contribution in [-0.2, 0) is 6.54 Å². The van der Waals surface area contributed by atoms with Crippen LogP contribution in [-0.4, -0.2) is 18.6 Å². The molecule has 0 aliphatic heterocycles. The lowest BCUT2D eigenvalue weighted by Gasteiger charge is -2.05. The maximum atomic E-state index is 3.51. The van der Waals surface area contributed by atoms with Gasteiger partial charge in [0.25, 0.3) is 0 Å². The molecule has 0 radical (unpaired) electrons. The summed E-state index contributed by atoms with van der Waals surface area (Å²) in [6.45, 7) is 4.28. The molecule has 1 N–H and O–H groups in total. The minimum absolute atomic E-state index is 1.01. The Kier molecular flexibility index (Phi) is 8.20. The summed E-state index contributed by atoms with van der Waals surface area (Å²) in [7, 11) is 0. The largest absolute Gasteiger partial charge is 0.313 e. The van der Waals surface area contributed by atoms with Crippen molar-refractivity contribution in [1.29, 1.82) is 0 Å². The molecule has 1 aromatic rings. The van der Waals surface area contributed by atoms with E-state index in [1.165, 1.54) is 42.6 Å². The van der Waals surface area contributed by atoms with Crippen molar-refractivity contribution in [2.24, 2.45) is 0 Å². The molecule has 0 spiro atoms. The first-order valence-corrected chi connectivity index (χ1v) is 7.97. The van der Waals surface area contributed by atoms with Gasteiger partial charge in [0.05, 0.1) is 0 Å². The van der Waals surface area contributed by atoms with Crippen molar-refractivity contribution in [1.82, 2.24) is 5.32 Å². The number of hydrogen-bond acceptors (Lipinski definition) is 2. The van der Waals surface area contributed by atoms with Gasteiger partial charge in [-0.1, -0.05) is 42.7 Å². The summed E-state index contributed by atoms with van der Waals surface area (Å²) in [6.07, 6.45) is 7.61. The van der Waals surface area contributed by atoms with Crippen molar-refractivity contribution in [3.63, 3.8) is 0 Å². The molecule has 0 amide bonds. The van der Waals surface area contributed by atoms with Crippen molar-refractivity contribution in [2.75, 3.05) is 18.6 Å². The zero-order chi connectivity index (χ0) is 12.3. The summed E-state index contributed by atoms with van der Waals surface area (Å²) < 4.78 is 0. The molecule has 0 aliphatic carbocycles. The maximum Gasteiger partial charge on any atom is 0.0205 e. The van der Waals surface area contributed by atoms with Crippen molar-refractivity contribution >= 4 is 11.8 Å². The number of unbranched alkanes of at least 4 members (excludes halogenated alkanes) is 3. The first kappa shape index (κ1) is 14.6. The second-order valence-corrected chi connectivity index (χ2v) is 5.55. The highest BCUT2D eigenvalue weighted by atomic mass is 32.2. The van der Waals surface area contributed by atoms with Gasteiger partial charge in [-0.3, -0.25) is 0 Å². The van der Waals surface area contributed by atoms with E-state index in [1.54, 1.807) is 0 Å². The van der Waals surface area contributed by atoms with Crippen LogP contribution in [0.1, 0.15) is 36.8 Å². The topological polar surface area (TPSA) is 12.0 Å². The third kappa shape index (κ3) is 7.45. The van der Waals surface area contributed by atoms with E-state index in [2.05, 4.69) is 42.8 Å². The van der Waals surface area contributed by atoms with Gasteiger partial charge in [-0.2, -0.15) is 11.8 Å². The first-order valence-electron chi connectivity index (χ1n) is 6.58. The molecule has 17 heavy (non-hydrogen) atoms. The molecule has 0 aromatic heterocycles. The highest BCUT2D eigenvalue weighted by Crippen LogP contribution is 2.05. The van der Waals surface area contributed by atoms with Gasteiger partial charge < -0.3 is 5.32 Å². The molecule has 0 saturated heterocycles. The normalized spacial score (nSPS) is 10.7. The average molecular weight is 251 g/mol. The standard InChI is InChI=1S/C15H25NS/c1-14-7-9-15(10-8-14)13-16-11-5-3-4-6-12-17-2/h7-10,16H,3-6,11-13H2,1-2H3.